The van der Waals surface area contributed by atoms with Crippen LogP contribution in [0.1, 0.15) is 31.9 Å². The highest BCUT2D eigenvalue weighted by Crippen LogP contribution is 2.04. The van der Waals surface area contributed by atoms with Crippen molar-refractivity contribution in [3.63, 3.8) is 0 Å². The van der Waals surface area contributed by atoms with Crippen LogP contribution in [-0.4, -0.2) is 19.0 Å². The average molecular weight is 248 g/mol. The summed E-state index contributed by atoms with van der Waals surface area (Å²) < 4.78 is 0. The van der Waals surface area contributed by atoms with Crippen molar-refractivity contribution in [1.82, 2.24) is 10.6 Å². The van der Waals surface area contributed by atoms with Gasteiger partial charge in [0, 0.05) is 25.6 Å². The molecule has 0 atom stereocenters. The van der Waals surface area contributed by atoms with Crippen molar-refractivity contribution >= 4 is 5.91 Å². The number of rotatable bonds is 7. The van der Waals surface area contributed by atoms with E-state index in [2.05, 4.69) is 41.8 Å². The molecule has 18 heavy (non-hydrogen) atoms. The molecule has 3 heteroatoms. The van der Waals surface area contributed by atoms with Gasteiger partial charge in [-0.2, -0.15) is 0 Å². The second-order valence-corrected chi connectivity index (χ2v) is 4.79. The van der Waals surface area contributed by atoms with E-state index >= 15 is 0 Å². The molecule has 0 spiro atoms. The first-order valence-electron chi connectivity index (χ1n) is 6.69. The quantitative estimate of drug-likeness (QED) is 0.726. The third kappa shape index (κ3) is 5.32. The molecule has 2 N–H and O–H groups in total. The van der Waals surface area contributed by atoms with E-state index in [-0.39, 0.29) is 11.8 Å². The Morgan fingerprint density at radius 1 is 1.11 bits per heavy atom. The van der Waals surface area contributed by atoms with Crippen molar-refractivity contribution in [2.45, 2.75) is 33.7 Å². The standard InChI is InChI=1S/C15H24N2O/c1-4-13-5-7-14(8-6-13)11-16-9-10-17-15(18)12(2)3/h5-8,12,16H,4,9-11H2,1-3H3,(H,17,18). The Labute approximate surface area is 110 Å². The maximum atomic E-state index is 11.3. The Bertz CT molecular complexity index is 357. The molecule has 0 aliphatic carbocycles. The Hall–Kier alpha value is -1.35. The van der Waals surface area contributed by atoms with Gasteiger partial charge in [0.2, 0.25) is 5.91 Å². The van der Waals surface area contributed by atoms with Crippen molar-refractivity contribution in [3.8, 4) is 0 Å². The molecule has 1 amide bonds. The number of hydrogen-bond acceptors (Lipinski definition) is 2. The van der Waals surface area contributed by atoms with Gasteiger partial charge >= 0.3 is 0 Å². The normalized spacial score (nSPS) is 10.7. The summed E-state index contributed by atoms with van der Waals surface area (Å²) in [5, 5.41) is 6.20. The first-order valence-corrected chi connectivity index (χ1v) is 6.69. The lowest BCUT2D eigenvalue weighted by Crippen LogP contribution is -2.34. The smallest absolute Gasteiger partial charge is 0.222 e. The molecule has 1 aromatic carbocycles. The molecule has 1 aromatic rings. The number of benzene rings is 1. The van der Waals surface area contributed by atoms with Gasteiger partial charge in [0.05, 0.1) is 0 Å². The molecule has 0 aliphatic heterocycles. The maximum Gasteiger partial charge on any atom is 0.222 e. The van der Waals surface area contributed by atoms with Gasteiger partial charge in [-0.3, -0.25) is 4.79 Å². The molecule has 0 bridgehead atoms. The Morgan fingerprint density at radius 2 is 1.72 bits per heavy atom. The SMILES string of the molecule is CCc1ccc(CNCCNC(=O)C(C)C)cc1. The molecule has 0 radical (unpaired) electrons. The summed E-state index contributed by atoms with van der Waals surface area (Å²) in [5.74, 6) is 0.177. The van der Waals surface area contributed by atoms with Crippen LogP contribution in [0.4, 0.5) is 0 Å². The lowest BCUT2D eigenvalue weighted by atomic mass is 10.1. The average Bonchev–Trinajstić information content (AvgIpc) is 2.38. The second-order valence-electron chi connectivity index (χ2n) is 4.79. The van der Waals surface area contributed by atoms with E-state index < -0.39 is 0 Å². The van der Waals surface area contributed by atoms with E-state index in [1.54, 1.807) is 0 Å². The lowest BCUT2D eigenvalue weighted by Gasteiger charge is -2.09. The number of aryl methyl sites for hydroxylation is 1. The van der Waals surface area contributed by atoms with Crippen LogP contribution < -0.4 is 10.6 Å². The summed E-state index contributed by atoms with van der Waals surface area (Å²) in [4.78, 5) is 11.3. The first-order chi connectivity index (χ1) is 8.63. The summed E-state index contributed by atoms with van der Waals surface area (Å²) in [5.41, 5.74) is 2.64. The third-order valence-electron chi connectivity index (χ3n) is 2.89. The first kappa shape index (κ1) is 14.7. The number of amides is 1. The monoisotopic (exact) mass is 248 g/mol. The minimum absolute atomic E-state index is 0.0617. The molecule has 1 rings (SSSR count). The molecule has 0 aliphatic rings. The summed E-state index contributed by atoms with van der Waals surface area (Å²) in [6.45, 7) is 8.29. The van der Waals surface area contributed by atoms with Crippen molar-refractivity contribution in [2.75, 3.05) is 13.1 Å². The Kier molecular flexibility index (Phi) is 6.44. The van der Waals surface area contributed by atoms with Gasteiger partial charge in [-0.15, -0.1) is 0 Å². The molecule has 0 aromatic heterocycles. The van der Waals surface area contributed by atoms with Crippen molar-refractivity contribution in [1.29, 1.82) is 0 Å². The molecular weight excluding hydrogens is 224 g/mol. The zero-order chi connectivity index (χ0) is 13.4. The van der Waals surface area contributed by atoms with Gasteiger partial charge in [0.15, 0.2) is 0 Å². The van der Waals surface area contributed by atoms with Crippen molar-refractivity contribution < 1.29 is 4.79 Å². The zero-order valence-electron chi connectivity index (χ0n) is 11.6. The van der Waals surface area contributed by atoms with Crippen LogP contribution in [0, 0.1) is 5.92 Å². The minimum atomic E-state index is 0.0617. The van der Waals surface area contributed by atoms with Gasteiger partial charge in [-0.25, -0.2) is 0 Å². The van der Waals surface area contributed by atoms with Crippen LogP contribution in [-0.2, 0) is 17.8 Å². The van der Waals surface area contributed by atoms with Gasteiger partial charge in [0.1, 0.15) is 0 Å². The number of carbonyl (C=O) groups excluding carboxylic acids is 1. The van der Waals surface area contributed by atoms with E-state index in [1.165, 1.54) is 11.1 Å². The van der Waals surface area contributed by atoms with Crippen molar-refractivity contribution in [2.24, 2.45) is 5.92 Å². The summed E-state index contributed by atoms with van der Waals surface area (Å²) in [7, 11) is 0. The Morgan fingerprint density at radius 3 is 2.28 bits per heavy atom. The van der Waals surface area contributed by atoms with Crippen LogP contribution in [0.25, 0.3) is 0 Å². The molecule has 0 unspecified atom stereocenters. The fourth-order valence-corrected chi connectivity index (χ4v) is 1.60. The van der Waals surface area contributed by atoms with E-state index in [1.807, 2.05) is 13.8 Å². The van der Waals surface area contributed by atoms with Gasteiger partial charge in [-0.1, -0.05) is 45.0 Å². The molecule has 0 heterocycles. The van der Waals surface area contributed by atoms with E-state index in [0.717, 1.165) is 19.5 Å². The molecule has 0 fully saturated rings. The lowest BCUT2D eigenvalue weighted by molar-refractivity contribution is -0.123. The number of nitrogens with one attached hydrogen (secondary N) is 2. The number of carbonyl (C=O) groups is 1. The number of hydrogen-bond donors (Lipinski definition) is 2. The maximum absolute atomic E-state index is 11.3. The zero-order valence-corrected chi connectivity index (χ0v) is 11.6. The minimum Gasteiger partial charge on any atom is -0.355 e. The van der Waals surface area contributed by atoms with Crippen LogP contribution in [0.3, 0.4) is 0 Å². The van der Waals surface area contributed by atoms with Crippen LogP contribution in [0.5, 0.6) is 0 Å². The highest BCUT2D eigenvalue weighted by molar-refractivity contribution is 5.77. The fourth-order valence-electron chi connectivity index (χ4n) is 1.60. The summed E-state index contributed by atoms with van der Waals surface area (Å²) >= 11 is 0. The van der Waals surface area contributed by atoms with E-state index in [0.29, 0.717) is 6.54 Å². The van der Waals surface area contributed by atoms with E-state index in [9.17, 15) is 4.79 Å². The third-order valence-corrected chi connectivity index (χ3v) is 2.89. The molecule has 100 valence electrons. The molecular formula is C15H24N2O. The highest BCUT2D eigenvalue weighted by Gasteiger charge is 2.04. The van der Waals surface area contributed by atoms with Crippen LogP contribution >= 0.6 is 0 Å². The largest absolute Gasteiger partial charge is 0.355 e. The van der Waals surface area contributed by atoms with Crippen LogP contribution in [0.15, 0.2) is 24.3 Å². The fraction of sp³-hybridized carbons (Fsp3) is 0.533. The Balaban J connectivity index is 2.15. The predicted molar refractivity (Wildman–Crippen MR) is 75.4 cm³/mol. The predicted octanol–water partition coefficient (Wildman–Crippen LogP) is 2.11. The second kappa shape index (κ2) is 7.88. The molecule has 3 nitrogen and oxygen atoms in total. The molecule has 0 saturated carbocycles. The summed E-state index contributed by atoms with van der Waals surface area (Å²) in [6.07, 6.45) is 1.08. The van der Waals surface area contributed by atoms with Crippen LogP contribution in [0.2, 0.25) is 0 Å². The molecule has 0 saturated heterocycles. The highest BCUT2D eigenvalue weighted by atomic mass is 16.1. The van der Waals surface area contributed by atoms with Crippen molar-refractivity contribution in [3.05, 3.63) is 35.4 Å². The van der Waals surface area contributed by atoms with Gasteiger partial charge in [-0.05, 0) is 17.5 Å². The van der Waals surface area contributed by atoms with E-state index in [4.69, 9.17) is 0 Å². The topological polar surface area (TPSA) is 41.1 Å². The van der Waals surface area contributed by atoms with Gasteiger partial charge in [0.25, 0.3) is 0 Å². The summed E-state index contributed by atoms with van der Waals surface area (Å²) in [6, 6.07) is 8.63. The van der Waals surface area contributed by atoms with Gasteiger partial charge < -0.3 is 10.6 Å².